The predicted octanol–water partition coefficient (Wildman–Crippen LogP) is 3.93. The van der Waals surface area contributed by atoms with Crippen LogP contribution >= 0.6 is 0 Å². The van der Waals surface area contributed by atoms with Gasteiger partial charge in [-0.05, 0) is 37.5 Å². The molecule has 1 saturated heterocycles. The van der Waals surface area contributed by atoms with Gasteiger partial charge in [0.1, 0.15) is 0 Å². The predicted molar refractivity (Wildman–Crippen MR) is 88.1 cm³/mol. The lowest BCUT2D eigenvalue weighted by atomic mass is 10.0. The Morgan fingerprint density at radius 3 is 2.29 bits per heavy atom. The maximum absolute atomic E-state index is 3.52. The molecule has 1 aliphatic heterocycles. The maximum Gasteiger partial charge on any atom is 0.177 e. The molecule has 0 spiro atoms. The molecule has 1 fully saturated rings. The first-order chi connectivity index (χ1) is 10.1. The van der Waals surface area contributed by atoms with Crippen LogP contribution < -0.4 is 4.90 Å². The molecule has 2 aromatic carbocycles. The number of nitrogens with zero attached hydrogens (tertiary/aromatic N) is 2. The van der Waals surface area contributed by atoms with Crippen LogP contribution in [0.3, 0.4) is 0 Å². The fourth-order valence-corrected chi connectivity index (χ4v) is 3.17. The Morgan fingerprint density at radius 1 is 0.952 bits per heavy atom. The highest BCUT2D eigenvalue weighted by atomic mass is 15.4. The van der Waals surface area contributed by atoms with Crippen molar-refractivity contribution in [2.75, 3.05) is 18.0 Å². The monoisotopic (exact) mass is 278 g/mol. The number of hydrogen-bond donors (Lipinski definition) is 0. The van der Waals surface area contributed by atoms with E-state index in [1.807, 2.05) is 0 Å². The molecular weight excluding hydrogens is 256 g/mol. The molecule has 1 heterocycles. The van der Waals surface area contributed by atoms with Crippen LogP contribution in [0.4, 0.5) is 5.69 Å². The van der Waals surface area contributed by atoms with Gasteiger partial charge in [-0.15, -0.1) is 0 Å². The van der Waals surface area contributed by atoms with Crippen LogP contribution in [-0.4, -0.2) is 18.0 Å². The van der Waals surface area contributed by atoms with Crippen molar-refractivity contribution in [1.29, 1.82) is 0 Å². The van der Waals surface area contributed by atoms with E-state index in [4.69, 9.17) is 0 Å². The van der Waals surface area contributed by atoms with Crippen LogP contribution in [0.25, 0.3) is 0 Å². The van der Waals surface area contributed by atoms with Gasteiger partial charge in [0.05, 0.1) is 0 Å². The lowest BCUT2D eigenvalue weighted by molar-refractivity contribution is 0.383. The molecule has 0 saturated carbocycles. The first kappa shape index (κ1) is 14.2. The van der Waals surface area contributed by atoms with Gasteiger partial charge in [0.25, 0.3) is 0 Å². The summed E-state index contributed by atoms with van der Waals surface area (Å²) < 4.78 is 0. The second-order valence-corrected chi connectivity index (χ2v) is 5.91. The third-order valence-corrected chi connectivity index (χ3v) is 3.98. The zero-order valence-corrected chi connectivity index (χ0v) is 13.1. The molecule has 108 valence electrons. The van der Waals surface area contributed by atoms with Crippen LogP contribution in [-0.2, 0) is 6.54 Å². The van der Waals surface area contributed by atoms with E-state index in [-0.39, 0.29) is 0 Å². The quantitative estimate of drug-likeness (QED) is 0.839. The third-order valence-electron chi connectivity index (χ3n) is 3.98. The van der Waals surface area contributed by atoms with Crippen LogP contribution in [0.2, 0.25) is 0 Å². The largest absolute Gasteiger partial charge is 0.345 e. The van der Waals surface area contributed by atoms with Crippen LogP contribution in [0, 0.1) is 27.4 Å². The second kappa shape index (κ2) is 5.90. The van der Waals surface area contributed by atoms with Crippen molar-refractivity contribution >= 4 is 5.69 Å². The highest BCUT2D eigenvalue weighted by Crippen LogP contribution is 2.30. The first-order valence-electron chi connectivity index (χ1n) is 7.54. The summed E-state index contributed by atoms with van der Waals surface area (Å²) in [6, 6.07) is 15.1. The van der Waals surface area contributed by atoms with E-state index in [9.17, 15) is 0 Å². The van der Waals surface area contributed by atoms with E-state index < -0.39 is 0 Å². The van der Waals surface area contributed by atoms with Crippen molar-refractivity contribution in [3.05, 3.63) is 71.4 Å². The molecule has 2 radical (unpaired) electrons. The minimum Gasteiger partial charge on any atom is -0.345 e. The minimum atomic E-state index is 0.932. The number of anilines is 1. The van der Waals surface area contributed by atoms with Crippen molar-refractivity contribution < 1.29 is 0 Å². The molecule has 0 aromatic heterocycles. The Kier molecular flexibility index (Phi) is 3.98. The summed E-state index contributed by atoms with van der Waals surface area (Å²) in [5, 5.41) is 0. The summed E-state index contributed by atoms with van der Waals surface area (Å²) in [6.07, 6.45) is 0. The van der Waals surface area contributed by atoms with Gasteiger partial charge in [0, 0.05) is 25.3 Å². The van der Waals surface area contributed by atoms with Crippen LogP contribution in [0.15, 0.2) is 42.5 Å². The van der Waals surface area contributed by atoms with Gasteiger partial charge in [0.15, 0.2) is 6.67 Å². The zero-order chi connectivity index (χ0) is 14.8. The highest BCUT2D eigenvalue weighted by Gasteiger charge is 2.24. The summed E-state index contributed by atoms with van der Waals surface area (Å²) in [7, 11) is 0. The number of hydrogen-bond acceptors (Lipinski definition) is 2. The van der Waals surface area contributed by atoms with Crippen molar-refractivity contribution in [1.82, 2.24) is 4.90 Å². The van der Waals surface area contributed by atoms with Crippen molar-refractivity contribution in [2.24, 2.45) is 0 Å². The van der Waals surface area contributed by atoms with E-state index in [0.717, 1.165) is 19.6 Å². The van der Waals surface area contributed by atoms with E-state index in [1.54, 1.807) is 0 Å². The molecule has 1 aliphatic rings. The van der Waals surface area contributed by atoms with E-state index in [0.29, 0.717) is 0 Å². The summed E-state index contributed by atoms with van der Waals surface area (Å²) in [6.45, 7) is 13.0. The number of rotatable bonds is 3. The first-order valence-corrected chi connectivity index (χ1v) is 7.54. The van der Waals surface area contributed by atoms with E-state index in [1.165, 1.54) is 27.9 Å². The normalized spacial score (nSPS) is 15.7. The van der Waals surface area contributed by atoms with Gasteiger partial charge in [-0.3, -0.25) is 4.90 Å². The molecule has 0 N–H and O–H groups in total. The molecule has 0 amide bonds. The highest BCUT2D eigenvalue weighted by molar-refractivity contribution is 5.61. The van der Waals surface area contributed by atoms with Gasteiger partial charge in [-0.2, -0.15) is 0 Å². The molecule has 2 aromatic rings. The lowest BCUT2D eigenvalue weighted by Gasteiger charge is -2.22. The van der Waals surface area contributed by atoms with E-state index >= 15 is 0 Å². The summed E-state index contributed by atoms with van der Waals surface area (Å²) in [4.78, 5) is 4.54. The molecule has 0 aliphatic carbocycles. The van der Waals surface area contributed by atoms with Gasteiger partial charge in [-0.1, -0.05) is 48.0 Å². The lowest BCUT2D eigenvalue weighted by Crippen LogP contribution is -2.20. The van der Waals surface area contributed by atoms with Crippen molar-refractivity contribution in [2.45, 2.75) is 27.3 Å². The van der Waals surface area contributed by atoms with E-state index in [2.05, 4.69) is 79.7 Å². The van der Waals surface area contributed by atoms with Crippen LogP contribution in [0.1, 0.15) is 22.3 Å². The number of benzene rings is 2. The molecule has 0 atom stereocenters. The Morgan fingerprint density at radius 2 is 1.62 bits per heavy atom. The fraction of sp³-hybridized carbons (Fsp3) is 0.316. The molecular formula is C19H22N2. The molecule has 0 bridgehead atoms. The zero-order valence-electron chi connectivity index (χ0n) is 13.1. The Hall–Kier alpha value is -1.80. The molecule has 2 nitrogen and oxygen atoms in total. The van der Waals surface area contributed by atoms with Crippen LogP contribution in [0.5, 0.6) is 0 Å². The third kappa shape index (κ3) is 3.11. The minimum absolute atomic E-state index is 0.932. The topological polar surface area (TPSA) is 6.48 Å². The standard InChI is InChI=1S/C19H22N2/c1-15-11-16(2)19(17(3)12-15)21-10-9-20(14-21)13-18-7-5-4-6-8-18/h4-8,11-12H,9-10,13H2,1-3H3. The van der Waals surface area contributed by atoms with Gasteiger partial charge in [-0.25, -0.2) is 0 Å². The Labute approximate surface area is 128 Å². The molecule has 0 unspecified atom stereocenters. The smallest absolute Gasteiger partial charge is 0.177 e. The van der Waals surface area contributed by atoms with Gasteiger partial charge in [0.2, 0.25) is 0 Å². The average molecular weight is 278 g/mol. The average Bonchev–Trinajstić information content (AvgIpc) is 2.87. The fourth-order valence-electron chi connectivity index (χ4n) is 3.17. The van der Waals surface area contributed by atoms with Gasteiger partial charge >= 0.3 is 0 Å². The summed E-state index contributed by atoms with van der Waals surface area (Å²) in [5.41, 5.74) is 6.65. The Bertz CT molecular complexity index is 596. The van der Waals surface area contributed by atoms with Gasteiger partial charge < -0.3 is 4.90 Å². The second-order valence-electron chi connectivity index (χ2n) is 5.91. The number of aryl methyl sites for hydroxylation is 3. The summed E-state index contributed by atoms with van der Waals surface area (Å²) in [5.74, 6) is 0. The molecule has 21 heavy (non-hydrogen) atoms. The maximum atomic E-state index is 3.52. The van der Waals surface area contributed by atoms with Crippen molar-refractivity contribution in [3.63, 3.8) is 0 Å². The molecule has 3 rings (SSSR count). The SMILES string of the molecule is Cc1cc(C)c(N2[C]N(Cc3ccccc3)CC2)c(C)c1. The molecule has 2 heteroatoms. The summed E-state index contributed by atoms with van der Waals surface area (Å²) >= 11 is 0. The van der Waals surface area contributed by atoms with Crippen molar-refractivity contribution in [3.8, 4) is 0 Å². The Balaban J connectivity index is 1.73.